The minimum absolute atomic E-state index is 0.253. The maximum Gasteiger partial charge on any atom is 0.326 e. The first kappa shape index (κ1) is 15.6. The third-order valence-corrected chi connectivity index (χ3v) is 4.69. The van der Waals surface area contributed by atoms with Crippen molar-refractivity contribution < 1.29 is 19.4 Å². The van der Waals surface area contributed by atoms with Crippen LogP contribution in [0.5, 0.6) is 5.75 Å². The molecule has 1 aliphatic heterocycles. The normalized spacial score (nSPS) is 17.2. The number of carboxylic acids is 1. The monoisotopic (exact) mass is 331 g/mol. The predicted octanol–water partition coefficient (Wildman–Crippen LogP) is 3.02. The van der Waals surface area contributed by atoms with E-state index in [-0.39, 0.29) is 5.91 Å². The van der Waals surface area contributed by atoms with Gasteiger partial charge >= 0.3 is 5.97 Å². The minimum Gasteiger partial charge on any atom is -0.488 e. The van der Waals surface area contributed by atoms with Crippen LogP contribution in [0.1, 0.15) is 28.1 Å². The second-order valence-electron chi connectivity index (χ2n) is 5.39. The van der Waals surface area contributed by atoms with Crippen LogP contribution in [0.15, 0.2) is 41.8 Å². The van der Waals surface area contributed by atoms with E-state index in [4.69, 9.17) is 4.74 Å². The van der Waals surface area contributed by atoms with Crippen LogP contribution in [0, 0.1) is 0 Å². The average molecular weight is 331 g/mol. The van der Waals surface area contributed by atoms with Gasteiger partial charge in [0.1, 0.15) is 18.4 Å². The molecule has 1 aromatic heterocycles. The highest BCUT2D eigenvalue weighted by atomic mass is 32.1. The summed E-state index contributed by atoms with van der Waals surface area (Å²) in [6.45, 7) is 0.937. The van der Waals surface area contributed by atoms with Crippen molar-refractivity contribution in [3.63, 3.8) is 0 Å². The van der Waals surface area contributed by atoms with Crippen molar-refractivity contribution in [3.8, 4) is 5.75 Å². The lowest BCUT2D eigenvalue weighted by atomic mass is 10.1. The molecule has 1 amide bonds. The molecule has 0 aliphatic carbocycles. The Morgan fingerprint density at radius 1 is 1.30 bits per heavy atom. The third kappa shape index (κ3) is 3.53. The average Bonchev–Trinajstić information content (AvgIpc) is 3.23. The van der Waals surface area contributed by atoms with Crippen molar-refractivity contribution in [1.29, 1.82) is 0 Å². The molecule has 1 saturated heterocycles. The highest BCUT2D eigenvalue weighted by molar-refractivity contribution is 7.09. The van der Waals surface area contributed by atoms with Crippen molar-refractivity contribution in [3.05, 3.63) is 52.2 Å². The van der Waals surface area contributed by atoms with E-state index in [1.54, 1.807) is 35.6 Å². The standard InChI is InChI=1S/C17H17NO4S/c19-16(18-8-2-7-15(18)17(20)21)12-4-1-5-13(10-12)22-11-14-6-3-9-23-14/h1,3-6,9-10,15H,2,7-8,11H2,(H,20,21)/t15-/m1/s1. The van der Waals surface area contributed by atoms with Gasteiger partial charge in [-0.15, -0.1) is 11.3 Å². The van der Waals surface area contributed by atoms with Gasteiger partial charge in [0.05, 0.1) is 0 Å². The number of ether oxygens (including phenoxy) is 1. The number of aliphatic carboxylic acids is 1. The molecule has 1 N–H and O–H groups in total. The fourth-order valence-corrected chi connectivity index (χ4v) is 3.32. The molecular weight excluding hydrogens is 314 g/mol. The maximum absolute atomic E-state index is 12.6. The number of hydrogen-bond acceptors (Lipinski definition) is 4. The molecule has 0 radical (unpaired) electrons. The number of carbonyl (C=O) groups is 2. The molecule has 1 atom stereocenters. The largest absolute Gasteiger partial charge is 0.488 e. The molecule has 1 aliphatic rings. The Morgan fingerprint density at radius 2 is 2.17 bits per heavy atom. The van der Waals surface area contributed by atoms with Gasteiger partial charge in [-0.1, -0.05) is 12.1 Å². The fourth-order valence-electron chi connectivity index (χ4n) is 2.70. The number of benzene rings is 1. The van der Waals surface area contributed by atoms with Gasteiger partial charge in [-0.25, -0.2) is 4.79 Å². The zero-order chi connectivity index (χ0) is 16.2. The number of thiophene rings is 1. The van der Waals surface area contributed by atoms with Gasteiger partial charge in [0.15, 0.2) is 0 Å². The summed E-state index contributed by atoms with van der Waals surface area (Å²) >= 11 is 1.61. The number of hydrogen-bond donors (Lipinski definition) is 1. The summed E-state index contributed by atoms with van der Waals surface area (Å²) in [6.07, 6.45) is 1.23. The van der Waals surface area contributed by atoms with E-state index in [9.17, 15) is 14.7 Å². The molecule has 0 unspecified atom stereocenters. The minimum atomic E-state index is -0.944. The molecular formula is C17H17NO4S. The zero-order valence-corrected chi connectivity index (χ0v) is 13.3. The summed E-state index contributed by atoms with van der Waals surface area (Å²) in [5, 5.41) is 11.2. The Morgan fingerprint density at radius 3 is 2.91 bits per heavy atom. The molecule has 120 valence electrons. The second-order valence-corrected chi connectivity index (χ2v) is 6.42. The molecule has 23 heavy (non-hydrogen) atoms. The van der Waals surface area contributed by atoms with Crippen molar-refractivity contribution in [2.75, 3.05) is 6.54 Å². The molecule has 0 spiro atoms. The quantitative estimate of drug-likeness (QED) is 0.914. The molecule has 3 rings (SSSR count). The summed E-state index contributed by atoms with van der Waals surface area (Å²) in [6, 6.07) is 10.1. The highest BCUT2D eigenvalue weighted by Gasteiger charge is 2.34. The summed E-state index contributed by atoms with van der Waals surface area (Å²) in [5.41, 5.74) is 0.460. The number of likely N-dealkylation sites (tertiary alicyclic amines) is 1. The lowest BCUT2D eigenvalue weighted by Gasteiger charge is -2.21. The number of carbonyl (C=O) groups excluding carboxylic acids is 1. The first-order chi connectivity index (χ1) is 11.1. The van der Waals surface area contributed by atoms with Crippen molar-refractivity contribution in [2.24, 2.45) is 0 Å². The molecule has 6 heteroatoms. The number of amides is 1. The molecule has 2 heterocycles. The van der Waals surface area contributed by atoms with E-state index in [0.29, 0.717) is 30.9 Å². The summed E-state index contributed by atoms with van der Waals surface area (Å²) in [5.74, 6) is -0.590. The summed E-state index contributed by atoms with van der Waals surface area (Å²) < 4.78 is 5.70. The lowest BCUT2D eigenvalue weighted by molar-refractivity contribution is -0.141. The Balaban J connectivity index is 1.71. The fraction of sp³-hybridized carbons (Fsp3) is 0.294. The molecule has 1 aromatic carbocycles. The Hall–Kier alpha value is -2.34. The van der Waals surface area contributed by atoms with Gasteiger partial charge in [0.25, 0.3) is 5.91 Å². The number of rotatable bonds is 5. The smallest absolute Gasteiger partial charge is 0.326 e. The lowest BCUT2D eigenvalue weighted by Crippen LogP contribution is -2.40. The van der Waals surface area contributed by atoms with E-state index in [1.807, 2.05) is 17.5 Å². The molecule has 0 bridgehead atoms. The maximum atomic E-state index is 12.6. The van der Waals surface area contributed by atoms with Crippen LogP contribution < -0.4 is 4.74 Å². The van der Waals surface area contributed by atoms with Crippen LogP contribution in [-0.4, -0.2) is 34.5 Å². The van der Waals surface area contributed by atoms with E-state index in [0.717, 1.165) is 11.3 Å². The van der Waals surface area contributed by atoms with E-state index >= 15 is 0 Å². The van der Waals surface area contributed by atoms with Gasteiger partial charge in [-0.2, -0.15) is 0 Å². The van der Waals surface area contributed by atoms with Crippen LogP contribution in [0.2, 0.25) is 0 Å². The Bertz CT molecular complexity index is 698. The van der Waals surface area contributed by atoms with E-state index < -0.39 is 12.0 Å². The van der Waals surface area contributed by atoms with Gasteiger partial charge in [-0.3, -0.25) is 4.79 Å². The van der Waals surface area contributed by atoms with Gasteiger partial charge in [0, 0.05) is 17.0 Å². The molecule has 2 aromatic rings. The van der Waals surface area contributed by atoms with Gasteiger partial charge in [0.2, 0.25) is 0 Å². The Labute approximate surface area is 138 Å². The second kappa shape index (κ2) is 6.83. The van der Waals surface area contributed by atoms with Gasteiger partial charge < -0.3 is 14.7 Å². The summed E-state index contributed by atoms with van der Waals surface area (Å²) in [7, 11) is 0. The Kier molecular flexibility index (Phi) is 4.62. The molecule has 1 fully saturated rings. The van der Waals surface area contributed by atoms with Crippen LogP contribution in [0.3, 0.4) is 0 Å². The predicted molar refractivity (Wildman–Crippen MR) is 86.8 cm³/mol. The topological polar surface area (TPSA) is 66.8 Å². The zero-order valence-electron chi connectivity index (χ0n) is 12.5. The van der Waals surface area contributed by atoms with E-state index in [1.165, 1.54) is 4.90 Å². The van der Waals surface area contributed by atoms with Crippen molar-refractivity contribution >= 4 is 23.2 Å². The van der Waals surface area contributed by atoms with Crippen molar-refractivity contribution in [2.45, 2.75) is 25.5 Å². The third-order valence-electron chi connectivity index (χ3n) is 3.84. The molecule has 0 saturated carbocycles. The number of nitrogens with zero attached hydrogens (tertiary/aromatic N) is 1. The first-order valence-corrected chi connectivity index (χ1v) is 8.32. The van der Waals surface area contributed by atoms with Crippen LogP contribution in [0.25, 0.3) is 0 Å². The van der Waals surface area contributed by atoms with Crippen LogP contribution in [-0.2, 0) is 11.4 Å². The number of carboxylic acid groups (broad SMARTS) is 1. The SMILES string of the molecule is O=C(O)[C@H]1CCCN1C(=O)c1cccc(OCc2cccs2)c1. The van der Waals surface area contributed by atoms with Crippen LogP contribution in [0.4, 0.5) is 0 Å². The summed E-state index contributed by atoms with van der Waals surface area (Å²) in [4.78, 5) is 26.3. The highest BCUT2D eigenvalue weighted by Crippen LogP contribution is 2.23. The molecule has 5 nitrogen and oxygen atoms in total. The van der Waals surface area contributed by atoms with Crippen molar-refractivity contribution in [1.82, 2.24) is 4.90 Å². The van der Waals surface area contributed by atoms with Gasteiger partial charge in [-0.05, 0) is 42.5 Å². The van der Waals surface area contributed by atoms with E-state index in [2.05, 4.69) is 0 Å². The van der Waals surface area contributed by atoms with Crippen LogP contribution >= 0.6 is 11.3 Å². The first-order valence-electron chi connectivity index (χ1n) is 7.44.